The number of hydrogen-bond donors (Lipinski definition) is 1. The lowest BCUT2D eigenvalue weighted by Gasteiger charge is -2.15. The van der Waals surface area contributed by atoms with Crippen LogP contribution in [0.2, 0.25) is 5.02 Å². The third kappa shape index (κ3) is 4.51. The van der Waals surface area contributed by atoms with Crippen LogP contribution >= 0.6 is 23.4 Å². The summed E-state index contributed by atoms with van der Waals surface area (Å²) >= 11 is 7.65. The van der Waals surface area contributed by atoms with Gasteiger partial charge in [0.1, 0.15) is 5.75 Å². The molecule has 3 aromatic rings. The van der Waals surface area contributed by atoms with Crippen LogP contribution in [0.25, 0.3) is 5.69 Å². The summed E-state index contributed by atoms with van der Waals surface area (Å²) in [7, 11) is 1.62. The van der Waals surface area contributed by atoms with Gasteiger partial charge in [-0.3, -0.25) is 9.36 Å². The zero-order chi connectivity index (χ0) is 20.1. The first kappa shape index (κ1) is 20.3. The number of imidazole rings is 1. The van der Waals surface area contributed by atoms with Crippen molar-refractivity contribution in [3.63, 3.8) is 0 Å². The van der Waals surface area contributed by atoms with Gasteiger partial charge in [-0.1, -0.05) is 47.6 Å². The quantitative estimate of drug-likeness (QED) is 0.571. The van der Waals surface area contributed by atoms with Crippen molar-refractivity contribution in [3.05, 3.63) is 71.0 Å². The van der Waals surface area contributed by atoms with Gasteiger partial charge >= 0.3 is 0 Å². The molecule has 1 N–H and O–H groups in total. The van der Waals surface area contributed by atoms with E-state index in [-0.39, 0.29) is 11.2 Å². The van der Waals surface area contributed by atoms with Crippen molar-refractivity contribution < 1.29 is 9.53 Å². The molecule has 0 aliphatic heterocycles. The number of thioether (sulfide) groups is 1. The van der Waals surface area contributed by atoms with Crippen LogP contribution in [-0.2, 0) is 11.3 Å². The molecule has 1 atom stereocenters. The number of aromatic nitrogens is 2. The van der Waals surface area contributed by atoms with Crippen molar-refractivity contribution in [3.8, 4) is 11.4 Å². The Bertz CT molecular complexity index is 974. The van der Waals surface area contributed by atoms with Gasteiger partial charge in [-0.2, -0.15) is 0 Å². The highest BCUT2D eigenvalue weighted by atomic mass is 35.5. The lowest BCUT2D eigenvalue weighted by atomic mass is 10.2. The number of amides is 1. The van der Waals surface area contributed by atoms with Gasteiger partial charge in [0.25, 0.3) is 0 Å². The lowest BCUT2D eigenvalue weighted by molar-refractivity contribution is -0.120. The van der Waals surface area contributed by atoms with Crippen LogP contribution in [0, 0.1) is 6.92 Å². The Kier molecular flexibility index (Phi) is 6.65. The van der Waals surface area contributed by atoms with Crippen LogP contribution in [0.4, 0.5) is 0 Å². The molecule has 28 heavy (non-hydrogen) atoms. The van der Waals surface area contributed by atoms with Gasteiger partial charge in [-0.05, 0) is 37.6 Å². The van der Waals surface area contributed by atoms with Crippen LogP contribution < -0.4 is 10.1 Å². The first-order chi connectivity index (χ1) is 13.5. The number of para-hydroxylation sites is 1. The van der Waals surface area contributed by atoms with Crippen molar-refractivity contribution in [2.45, 2.75) is 30.8 Å². The number of nitrogens with one attached hydrogen (secondary N) is 1. The van der Waals surface area contributed by atoms with Crippen LogP contribution in [0.5, 0.6) is 5.75 Å². The molecule has 3 rings (SSSR count). The van der Waals surface area contributed by atoms with E-state index in [2.05, 4.69) is 10.3 Å². The number of carbonyl (C=O) groups is 1. The summed E-state index contributed by atoms with van der Waals surface area (Å²) in [5.74, 6) is 0.698. The molecule has 0 aliphatic carbocycles. The van der Waals surface area contributed by atoms with E-state index >= 15 is 0 Å². The Morgan fingerprint density at radius 2 is 2.07 bits per heavy atom. The second kappa shape index (κ2) is 9.17. The van der Waals surface area contributed by atoms with E-state index in [9.17, 15) is 4.79 Å². The molecule has 0 saturated carbocycles. The standard InChI is InChI=1S/C21H22ClN3O2S/c1-14-17(22)8-6-9-18(14)25-12-11-23-21(25)28-15(2)20(26)24-13-16-7-4-5-10-19(16)27-3/h4-12,15H,13H2,1-3H3,(H,24,26). The predicted molar refractivity (Wildman–Crippen MR) is 113 cm³/mol. The highest BCUT2D eigenvalue weighted by Gasteiger charge is 2.19. The number of methoxy groups -OCH3 is 1. The Morgan fingerprint density at radius 3 is 2.86 bits per heavy atom. The van der Waals surface area contributed by atoms with Gasteiger partial charge in [0.05, 0.1) is 18.0 Å². The summed E-state index contributed by atoms with van der Waals surface area (Å²) in [5.41, 5.74) is 2.86. The fourth-order valence-electron chi connectivity index (χ4n) is 2.80. The van der Waals surface area contributed by atoms with E-state index in [0.29, 0.717) is 11.6 Å². The van der Waals surface area contributed by atoms with E-state index in [1.807, 2.05) is 67.1 Å². The maximum absolute atomic E-state index is 12.6. The fourth-order valence-corrected chi connectivity index (χ4v) is 3.87. The lowest BCUT2D eigenvalue weighted by Crippen LogP contribution is -2.30. The first-order valence-electron chi connectivity index (χ1n) is 8.86. The second-order valence-corrected chi connectivity index (χ2v) is 7.97. The summed E-state index contributed by atoms with van der Waals surface area (Å²) in [4.78, 5) is 17.0. The Balaban J connectivity index is 1.68. The Morgan fingerprint density at radius 1 is 1.29 bits per heavy atom. The number of rotatable bonds is 7. The third-order valence-corrected chi connectivity index (χ3v) is 5.89. The smallest absolute Gasteiger partial charge is 0.233 e. The van der Waals surface area contributed by atoms with E-state index in [4.69, 9.17) is 16.3 Å². The molecule has 146 valence electrons. The number of carbonyl (C=O) groups excluding carboxylic acids is 1. The van der Waals surface area contributed by atoms with Crippen molar-refractivity contribution in [2.24, 2.45) is 0 Å². The summed E-state index contributed by atoms with van der Waals surface area (Å²) in [6.07, 6.45) is 3.60. The molecular formula is C21H22ClN3O2S. The molecular weight excluding hydrogens is 394 g/mol. The summed E-state index contributed by atoms with van der Waals surface area (Å²) in [5, 5.41) is 4.10. The number of hydrogen-bond acceptors (Lipinski definition) is 4. The molecule has 0 fully saturated rings. The minimum absolute atomic E-state index is 0.0618. The molecule has 1 heterocycles. The fraction of sp³-hybridized carbons (Fsp3) is 0.238. The molecule has 1 amide bonds. The van der Waals surface area contributed by atoms with Crippen molar-refractivity contribution in [1.82, 2.24) is 14.9 Å². The average Bonchev–Trinajstić information content (AvgIpc) is 3.16. The zero-order valence-electron chi connectivity index (χ0n) is 16.0. The van der Waals surface area contributed by atoms with Gasteiger partial charge in [-0.25, -0.2) is 4.98 Å². The van der Waals surface area contributed by atoms with Crippen LogP contribution in [0.15, 0.2) is 60.0 Å². The minimum atomic E-state index is -0.310. The van der Waals surface area contributed by atoms with Crippen molar-refractivity contribution in [1.29, 1.82) is 0 Å². The number of halogens is 1. The van der Waals surface area contributed by atoms with Crippen LogP contribution in [-0.4, -0.2) is 27.8 Å². The van der Waals surface area contributed by atoms with Crippen molar-refractivity contribution in [2.75, 3.05) is 7.11 Å². The van der Waals surface area contributed by atoms with Gasteiger partial charge in [-0.15, -0.1) is 0 Å². The van der Waals surface area contributed by atoms with E-state index in [1.54, 1.807) is 13.3 Å². The molecule has 0 spiro atoms. The van der Waals surface area contributed by atoms with Crippen LogP contribution in [0.1, 0.15) is 18.1 Å². The van der Waals surface area contributed by atoms with Gasteiger partial charge in [0.2, 0.25) is 5.91 Å². The number of benzene rings is 2. The van der Waals surface area contributed by atoms with Crippen LogP contribution in [0.3, 0.4) is 0 Å². The highest BCUT2D eigenvalue weighted by Crippen LogP contribution is 2.28. The highest BCUT2D eigenvalue weighted by molar-refractivity contribution is 8.00. The normalized spacial score (nSPS) is 11.9. The third-order valence-electron chi connectivity index (χ3n) is 4.40. The summed E-state index contributed by atoms with van der Waals surface area (Å²) in [6.45, 7) is 4.25. The monoisotopic (exact) mass is 415 g/mol. The van der Waals surface area contributed by atoms with E-state index in [0.717, 1.165) is 27.7 Å². The number of nitrogens with zero attached hydrogens (tertiary/aromatic N) is 2. The maximum Gasteiger partial charge on any atom is 0.233 e. The second-order valence-electron chi connectivity index (χ2n) is 6.25. The average molecular weight is 416 g/mol. The Hall–Kier alpha value is -2.44. The Labute approximate surface area is 174 Å². The molecule has 0 aliphatic rings. The molecule has 0 saturated heterocycles. The molecule has 0 radical (unpaired) electrons. The molecule has 7 heteroatoms. The van der Waals surface area contributed by atoms with E-state index in [1.165, 1.54) is 11.8 Å². The van der Waals surface area contributed by atoms with Gasteiger partial charge < -0.3 is 10.1 Å². The number of ether oxygens (including phenoxy) is 1. The topological polar surface area (TPSA) is 56.1 Å². The van der Waals surface area contributed by atoms with Gasteiger partial charge in [0, 0.05) is 29.5 Å². The predicted octanol–water partition coefficient (Wildman–Crippen LogP) is 4.64. The van der Waals surface area contributed by atoms with Gasteiger partial charge in [0.15, 0.2) is 5.16 Å². The molecule has 2 aromatic carbocycles. The molecule has 5 nitrogen and oxygen atoms in total. The van der Waals surface area contributed by atoms with Crippen molar-refractivity contribution >= 4 is 29.3 Å². The molecule has 0 bridgehead atoms. The minimum Gasteiger partial charge on any atom is -0.496 e. The summed E-state index contributed by atoms with van der Waals surface area (Å²) in [6, 6.07) is 13.4. The molecule has 1 unspecified atom stereocenters. The largest absolute Gasteiger partial charge is 0.496 e. The maximum atomic E-state index is 12.6. The summed E-state index contributed by atoms with van der Waals surface area (Å²) < 4.78 is 7.28. The SMILES string of the molecule is COc1ccccc1CNC(=O)C(C)Sc1nccn1-c1cccc(Cl)c1C. The van der Waals surface area contributed by atoms with E-state index < -0.39 is 0 Å². The first-order valence-corrected chi connectivity index (χ1v) is 10.1. The zero-order valence-corrected chi connectivity index (χ0v) is 17.6. The molecule has 1 aromatic heterocycles.